The van der Waals surface area contributed by atoms with Gasteiger partial charge in [0.25, 0.3) is 0 Å². The van der Waals surface area contributed by atoms with Crippen LogP contribution in [0, 0.1) is 0 Å². The molecule has 4 aromatic rings. The lowest BCUT2D eigenvalue weighted by Crippen LogP contribution is -2.30. The van der Waals surface area contributed by atoms with E-state index in [0.29, 0.717) is 19.5 Å². The Morgan fingerprint density at radius 2 is 1.86 bits per heavy atom. The zero-order chi connectivity index (χ0) is 19.9. The van der Waals surface area contributed by atoms with Crippen molar-refractivity contribution in [2.75, 3.05) is 11.9 Å². The lowest BCUT2D eigenvalue weighted by molar-refractivity contribution is 0.252. The molecular formula is C22H22N6O. The van der Waals surface area contributed by atoms with E-state index in [1.165, 1.54) is 0 Å². The first-order valence-electron chi connectivity index (χ1n) is 9.46. The molecule has 146 valence electrons. The zero-order valence-corrected chi connectivity index (χ0v) is 15.9. The molecule has 7 nitrogen and oxygen atoms in total. The highest BCUT2D eigenvalue weighted by Gasteiger charge is 2.05. The van der Waals surface area contributed by atoms with Crippen molar-refractivity contribution in [1.29, 1.82) is 0 Å². The van der Waals surface area contributed by atoms with Crippen molar-refractivity contribution in [3.8, 4) is 5.69 Å². The summed E-state index contributed by atoms with van der Waals surface area (Å²) in [5, 5.41) is 14.3. The van der Waals surface area contributed by atoms with Gasteiger partial charge >= 0.3 is 6.03 Å². The van der Waals surface area contributed by atoms with E-state index in [1.807, 2.05) is 88.6 Å². The molecule has 0 aliphatic rings. The number of urea groups is 1. The van der Waals surface area contributed by atoms with Gasteiger partial charge in [0, 0.05) is 30.8 Å². The highest BCUT2D eigenvalue weighted by Crippen LogP contribution is 2.12. The fraction of sp³-hybridized carbons (Fsp3) is 0.136. The third-order valence-corrected chi connectivity index (χ3v) is 4.44. The van der Waals surface area contributed by atoms with Crippen molar-refractivity contribution in [1.82, 2.24) is 24.9 Å². The summed E-state index contributed by atoms with van der Waals surface area (Å²) < 4.78 is 3.68. The van der Waals surface area contributed by atoms with Gasteiger partial charge in [0.15, 0.2) is 0 Å². The topological polar surface area (TPSA) is 76.8 Å². The zero-order valence-electron chi connectivity index (χ0n) is 15.9. The van der Waals surface area contributed by atoms with Crippen LogP contribution in [-0.4, -0.2) is 32.1 Å². The van der Waals surface area contributed by atoms with Crippen LogP contribution in [0.3, 0.4) is 0 Å². The average molecular weight is 386 g/mol. The van der Waals surface area contributed by atoms with Crippen LogP contribution in [0.1, 0.15) is 11.1 Å². The normalized spacial score (nSPS) is 10.6. The standard InChI is InChI=1S/C22H22N6O/c29-22(26-20-7-4-6-18(14-20)16-27-13-5-11-24-27)23-12-10-19-15-25-28(17-19)21-8-2-1-3-9-21/h1-9,11,13-15,17H,10,12,16H2,(H2,23,26,29). The molecule has 0 spiro atoms. The largest absolute Gasteiger partial charge is 0.338 e. The Bertz CT molecular complexity index is 1060. The first-order chi connectivity index (χ1) is 14.3. The van der Waals surface area contributed by atoms with E-state index in [0.717, 1.165) is 22.5 Å². The summed E-state index contributed by atoms with van der Waals surface area (Å²) in [4.78, 5) is 12.2. The molecule has 2 aromatic carbocycles. The second kappa shape index (κ2) is 8.88. The highest BCUT2D eigenvalue weighted by molar-refractivity contribution is 5.89. The van der Waals surface area contributed by atoms with E-state index in [9.17, 15) is 4.79 Å². The van der Waals surface area contributed by atoms with Crippen LogP contribution >= 0.6 is 0 Å². The molecule has 29 heavy (non-hydrogen) atoms. The molecule has 0 aliphatic carbocycles. The lowest BCUT2D eigenvalue weighted by Gasteiger charge is -2.09. The van der Waals surface area contributed by atoms with Gasteiger partial charge < -0.3 is 10.6 Å². The third-order valence-electron chi connectivity index (χ3n) is 4.44. The van der Waals surface area contributed by atoms with Crippen LogP contribution in [0.4, 0.5) is 10.5 Å². The third kappa shape index (κ3) is 5.10. The number of anilines is 1. The maximum absolute atomic E-state index is 12.2. The number of nitrogens with zero attached hydrogens (tertiary/aromatic N) is 4. The van der Waals surface area contributed by atoms with E-state index >= 15 is 0 Å². The highest BCUT2D eigenvalue weighted by atomic mass is 16.2. The molecule has 0 bridgehead atoms. The Morgan fingerprint density at radius 1 is 0.966 bits per heavy atom. The summed E-state index contributed by atoms with van der Waals surface area (Å²) in [5.41, 5.74) is 3.90. The number of rotatable bonds is 7. The number of aromatic nitrogens is 4. The number of nitrogens with one attached hydrogen (secondary N) is 2. The second-order valence-corrected chi connectivity index (χ2v) is 6.66. The smallest absolute Gasteiger partial charge is 0.319 e. The lowest BCUT2D eigenvalue weighted by atomic mass is 10.2. The van der Waals surface area contributed by atoms with Crippen LogP contribution in [0.15, 0.2) is 85.5 Å². The van der Waals surface area contributed by atoms with Gasteiger partial charge in [-0.1, -0.05) is 30.3 Å². The van der Waals surface area contributed by atoms with Gasteiger partial charge in [-0.2, -0.15) is 10.2 Å². The van der Waals surface area contributed by atoms with E-state index in [2.05, 4.69) is 20.8 Å². The van der Waals surface area contributed by atoms with Crippen molar-refractivity contribution in [2.24, 2.45) is 0 Å². The predicted octanol–water partition coefficient (Wildman–Crippen LogP) is 3.48. The summed E-state index contributed by atoms with van der Waals surface area (Å²) >= 11 is 0. The molecule has 2 heterocycles. The van der Waals surface area contributed by atoms with E-state index in [1.54, 1.807) is 6.20 Å². The van der Waals surface area contributed by atoms with E-state index in [4.69, 9.17) is 0 Å². The number of para-hydroxylation sites is 1. The molecular weight excluding hydrogens is 364 g/mol. The molecule has 0 fully saturated rings. The number of amides is 2. The fourth-order valence-electron chi connectivity index (χ4n) is 3.04. The molecule has 7 heteroatoms. The van der Waals surface area contributed by atoms with Crippen molar-refractivity contribution in [2.45, 2.75) is 13.0 Å². The summed E-state index contributed by atoms with van der Waals surface area (Å²) in [6.07, 6.45) is 8.17. The maximum Gasteiger partial charge on any atom is 0.319 e. The van der Waals surface area contributed by atoms with Gasteiger partial charge in [-0.05, 0) is 47.9 Å². The van der Waals surface area contributed by atoms with Gasteiger partial charge in [-0.15, -0.1) is 0 Å². The van der Waals surface area contributed by atoms with Crippen LogP contribution in [0.25, 0.3) is 5.69 Å². The molecule has 0 aliphatic heterocycles. The minimum Gasteiger partial charge on any atom is -0.338 e. The van der Waals surface area contributed by atoms with Crippen LogP contribution in [0.5, 0.6) is 0 Å². The molecule has 2 N–H and O–H groups in total. The van der Waals surface area contributed by atoms with Crippen molar-refractivity contribution < 1.29 is 4.79 Å². The Labute approximate surface area is 169 Å². The maximum atomic E-state index is 12.2. The molecule has 4 rings (SSSR count). The molecule has 0 radical (unpaired) electrons. The Balaban J connectivity index is 1.26. The Morgan fingerprint density at radius 3 is 2.69 bits per heavy atom. The molecule has 0 saturated carbocycles. The SMILES string of the molecule is O=C(NCCc1cnn(-c2ccccc2)c1)Nc1cccc(Cn2cccn2)c1. The van der Waals surface area contributed by atoms with Crippen molar-refractivity contribution in [3.63, 3.8) is 0 Å². The Kier molecular flexibility index (Phi) is 5.66. The molecule has 2 amide bonds. The first kappa shape index (κ1) is 18.5. The second-order valence-electron chi connectivity index (χ2n) is 6.66. The van der Waals surface area contributed by atoms with Gasteiger partial charge in [0.2, 0.25) is 0 Å². The predicted molar refractivity (Wildman–Crippen MR) is 112 cm³/mol. The summed E-state index contributed by atoms with van der Waals surface area (Å²) in [6.45, 7) is 1.19. The number of carbonyl (C=O) groups is 1. The van der Waals surface area contributed by atoms with Crippen LogP contribution < -0.4 is 10.6 Å². The van der Waals surface area contributed by atoms with Crippen molar-refractivity contribution >= 4 is 11.7 Å². The number of hydrogen-bond acceptors (Lipinski definition) is 3. The minimum absolute atomic E-state index is 0.225. The van der Waals surface area contributed by atoms with Crippen molar-refractivity contribution in [3.05, 3.63) is 96.6 Å². The molecule has 0 saturated heterocycles. The van der Waals surface area contributed by atoms with E-state index < -0.39 is 0 Å². The summed E-state index contributed by atoms with van der Waals surface area (Å²) in [7, 11) is 0. The molecule has 2 aromatic heterocycles. The number of benzene rings is 2. The van der Waals surface area contributed by atoms with Gasteiger partial charge in [-0.25, -0.2) is 9.48 Å². The number of carbonyl (C=O) groups excluding carboxylic acids is 1. The molecule has 0 unspecified atom stereocenters. The average Bonchev–Trinajstić information content (AvgIpc) is 3.41. The molecule has 0 atom stereocenters. The van der Waals surface area contributed by atoms with Crippen LogP contribution in [0.2, 0.25) is 0 Å². The monoisotopic (exact) mass is 386 g/mol. The first-order valence-corrected chi connectivity index (χ1v) is 9.46. The Hall–Kier alpha value is -3.87. The van der Waals surface area contributed by atoms with Gasteiger partial charge in [0.05, 0.1) is 18.4 Å². The summed E-state index contributed by atoms with van der Waals surface area (Å²) in [5.74, 6) is 0. The fourth-order valence-corrected chi connectivity index (χ4v) is 3.04. The van der Waals surface area contributed by atoms with Gasteiger partial charge in [-0.3, -0.25) is 4.68 Å². The van der Waals surface area contributed by atoms with Crippen LogP contribution in [-0.2, 0) is 13.0 Å². The minimum atomic E-state index is -0.225. The summed E-state index contributed by atoms with van der Waals surface area (Å²) in [6, 6.07) is 19.4. The number of hydrogen-bond donors (Lipinski definition) is 2. The quantitative estimate of drug-likeness (QED) is 0.510. The van der Waals surface area contributed by atoms with E-state index in [-0.39, 0.29) is 6.03 Å². The van der Waals surface area contributed by atoms with Gasteiger partial charge in [0.1, 0.15) is 0 Å².